The highest BCUT2D eigenvalue weighted by Crippen LogP contribution is 2.27. The number of phosphoric acid groups is 1. The predicted octanol–water partition coefficient (Wildman–Crippen LogP) is -1.41. The molecule has 0 saturated heterocycles. The first-order chi connectivity index (χ1) is 8.38. The minimum absolute atomic E-state index is 0.479. The molecule has 0 aromatic heterocycles. The molecule has 10 nitrogen and oxygen atoms in total. The van der Waals surface area contributed by atoms with Crippen molar-refractivity contribution in [3.63, 3.8) is 0 Å². The Labute approximate surface area is 105 Å². The van der Waals surface area contributed by atoms with Crippen molar-refractivity contribution in [2.75, 3.05) is 0 Å². The minimum atomic E-state index is -4.64. The van der Waals surface area contributed by atoms with Crippen molar-refractivity contribution in [2.45, 2.75) is 5.60 Å². The van der Waals surface area contributed by atoms with E-state index >= 15 is 0 Å². The fourth-order valence-electron chi connectivity index (χ4n) is 1.17. The van der Waals surface area contributed by atoms with Gasteiger partial charge in [-0.05, 0) is 6.08 Å². The average molecular weight is 298 g/mol. The molecule has 108 valence electrons. The van der Waals surface area contributed by atoms with E-state index in [-0.39, 0.29) is 0 Å². The van der Waals surface area contributed by atoms with E-state index in [4.69, 9.17) is 34.6 Å². The molecule has 11 heteroatoms. The Hall–Kier alpha value is -1.71. The molecule has 0 heterocycles. The molecule has 0 saturated carbocycles. The molecule has 19 heavy (non-hydrogen) atoms. The zero-order valence-electron chi connectivity index (χ0n) is 9.11. The Morgan fingerprint density at radius 2 is 1.63 bits per heavy atom. The molecule has 2 unspecified atom stereocenters. The number of allylic oxidation sites excluding steroid dienone is 1. The fourth-order valence-corrected chi connectivity index (χ4v) is 1.17. The molecule has 0 bridgehead atoms. The SMILES string of the molecule is O=C(O)C1C=CC(O)=CC1(O)C(=O)O.O=P(O)(O)O. The second-order valence-corrected chi connectivity index (χ2v) is 4.41. The number of carboxylic acids is 2. The molecule has 1 aliphatic carbocycles. The number of aliphatic hydroxyl groups excluding tert-OH is 1. The van der Waals surface area contributed by atoms with Gasteiger partial charge in [0.1, 0.15) is 11.7 Å². The van der Waals surface area contributed by atoms with E-state index in [1.165, 1.54) is 0 Å². The Morgan fingerprint density at radius 1 is 1.21 bits per heavy atom. The van der Waals surface area contributed by atoms with E-state index in [0.717, 1.165) is 12.2 Å². The van der Waals surface area contributed by atoms with Crippen LogP contribution in [0.5, 0.6) is 0 Å². The van der Waals surface area contributed by atoms with E-state index in [9.17, 15) is 14.7 Å². The molecular formula is C8H11O10P. The average Bonchev–Trinajstić information content (AvgIpc) is 2.13. The van der Waals surface area contributed by atoms with Crippen LogP contribution in [0.4, 0.5) is 0 Å². The van der Waals surface area contributed by atoms with Crippen LogP contribution >= 0.6 is 7.82 Å². The third-order valence-electron chi connectivity index (χ3n) is 1.91. The summed E-state index contributed by atoms with van der Waals surface area (Å²) < 4.78 is 8.88. The van der Waals surface area contributed by atoms with E-state index in [2.05, 4.69) is 0 Å². The number of carboxylic acid groups (broad SMARTS) is 2. The van der Waals surface area contributed by atoms with Gasteiger partial charge in [-0.25, -0.2) is 9.36 Å². The first-order valence-corrected chi connectivity index (χ1v) is 6.01. The molecule has 0 spiro atoms. The molecule has 0 amide bonds. The standard InChI is InChI=1S/C8H8O6.H3O4P/c9-4-1-2-5(6(10)11)8(14,3-4)7(12)13;1-5(2,3)4/h1-3,5,9,14H,(H,10,11)(H,12,13);(H3,1,2,3,4). The van der Waals surface area contributed by atoms with Crippen molar-refractivity contribution < 1.29 is 49.3 Å². The van der Waals surface area contributed by atoms with Gasteiger partial charge in [-0.2, -0.15) is 0 Å². The summed E-state index contributed by atoms with van der Waals surface area (Å²) in [5.74, 6) is -5.28. The highest BCUT2D eigenvalue weighted by molar-refractivity contribution is 7.45. The number of rotatable bonds is 2. The molecule has 0 aliphatic heterocycles. The van der Waals surface area contributed by atoms with Crippen molar-refractivity contribution >= 4 is 19.8 Å². The molecule has 0 aromatic carbocycles. The van der Waals surface area contributed by atoms with Gasteiger partial charge in [0.25, 0.3) is 0 Å². The van der Waals surface area contributed by atoms with E-state index in [0.29, 0.717) is 6.08 Å². The maximum Gasteiger partial charge on any atom is 0.466 e. The normalized spacial score (nSPS) is 25.9. The lowest BCUT2D eigenvalue weighted by atomic mass is 9.83. The van der Waals surface area contributed by atoms with Crippen LogP contribution in [0.2, 0.25) is 0 Å². The lowest BCUT2D eigenvalue weighted by molar-refractivity contribution is -0.165. The maximum absolute atomic E-state index is 10.6. The van der Waals surface area contributed by atoms with Gasteiger partial charge >= 0.3 is 19.8 Å². The first-order valence-electron chi connectivity index (χ1n) is 4.45. The summed E-state index contributed by atoms with van der Waals surface area (Å²) >= 11 is 0. The number of aliphatic hydroxyl groups is 2. The van der Waals surface area contributed by atoms with Gasteiger partial charge in [0.2, 0.25) is 5.60 Å². The molecule has 0 aromatic rings. The Balaban J connectivity index is 0.000000555. The molecule has 0 radical (unpaired) electrons. The zero-order chi connectivity index (χ0) is 15.4. The molecule has 2 atom stereocenters. The summed E-state index contributed by atoms with van der Waals surface area (Å²) in [6, 6.07) is 0. The summed E-state index contributed by atoms with van der Waals surface area (Å²) in [6.45, 7) is 0. The number of hydrogen-bond donors (Lipinski definition) is 7. The molecule has 0 fully saturated rings. The summed E-state index contributed by atoms with van der Waals surface area (Å²) in [5, 5.41) is 35.7. The van der Waals surface area contributed by atoms with Crippen molar-refractivity contribution in [3.05, 3.63) is 24.0 Å². The smallest absolute Gasteiger partial charge is 0.466 e. The summed E-state index contributed by atoms with van der Waals surface area (Å²) in [5.41, 5.74) is -2.59. The molecule has 1 aliphatic rings. The van der Waals surface area contributed by atoms with Crippen molar-refractivity contribution in [1.29, 1.82) is 0 Å². The summed E-state index contributed by atoms with van der Waals surface area (Å²) in [7, 11) is -4.64. The Morgan fingerprint density at radius 3 is 1.95 bits per heavy atom. The van der Waals surface area contributed by atoms with Gasteiger partial charge in [-0.1, -0.05) is 6.08 Å². The van der Waals surface area contributed by atoms with Crippen molar-refractivity contribution in [3.8, 4) is 0 Å². The van der Waals surface area contributed by atoms with Crippen LogP contribution in [0.15, 0.2) is 24.0 Å². The minimum Gasteiger partial charge on any atom is -0.508 e. The van der Waals surface area contributed by atoms with Crippen LogP contribution < -0.4 is 0 Å². The van der Waals surface area contributed by atoms with Gasteiger partial charge in [0, 0.05) is 6.08 Å². The topological polar surface area (TPSA) is 193 Å². The maximum atomic E-state index is 10.6. The van der Waals surface area contributed by atoms with Gasteiger partial charge in [-0.15, -0.1) is 0 Å². The van der Waals surface area contributed by atoms with Gasteiger partial charge in [0.15, 0.2) is 0 Å². The Kier molecular flexibility index (Phi) is 5.42. The second kappa shape index (κ2) is 5.95. The number of hydrogen-bond acceptors (Lipinski definition) is 5. The monoisotopic (exact) mass is 298 g/mol. The molecular weight excluding hydrogens is 287 g/mol. The van der Waals surface area contributed by atoms with Crippen LogP contribution in [0, 0.1) is 5.92 Å². The third-order valence-corrected chi connectivity index (χ3v) is 1.91. The van der Waals surface area contributed by atoms with Gasteiger partial charge in [-0.3, -0.25) is 4.79 Å². The largest absolute Gasteiger partial charge is 0.508 e. The number of carbonyl (C=O) groups is 2. The first kappa shape index (κ1) is 17.3. The lowest BCUT2D eigenvalue weighted by Gasteiger charge is -2.26. The van der Waals surface area contributed by atoms with Gasteiger partial charge < -0.3 is 35.1 Å². The quantitative estimate of drug-likeness (QED) is 0.297. The van der Waals surface area contributed by atoms with Crippen LogP contribution in [0.25, 0.3) is 0 Å². The lowest BCUT2D eigenvalue weighted by Crippen LogP contribution is -2.48. The Bertz CT molecular complexity index is 466. The van der Waals surface area contributed by atoms with Crippen molar-refractivity contribution in [2.24, 2.45) is 5.92 Å². The third kappa shape index (κ3) is 5.64. The van der Waals surface area contributed by atoms with Crippen molar-refractivity contribution in [1.82, 2.24) is 0 Å². The van der Waals surface area contributed by atoms with Crippen LogP contribution in [0.3, 0.4) is 0 Å². The van der Waals surface area contributed by atoms with E-state index < -0.39 is 37.0 Å². The highest BCUT2D eigenvalue weighted by Gasteiger charge is 2.47. The molecule has 7 N–H and O–H groups in total. The summed E-state index contributed by atoms with van der Waals surface area (Å²) in [4.78, 5) is 42.8. The van der Waals surface area contributed by atoms with Crippen LogP contribution in [-0.2, 0) is 14.2 Å². The fraction of sp³-hybridized carbons (Fsp3) is 0.250. The van der Waals surface area contributed by atoms with E-state index in [1.807, 2.05) is 0 Å². The highest BCUT2D eigenvalue weighted by atomic mass is 31.2. The molecule has 1 rings (SSSR count). The predicted molar refractivity (Wildman–Crippen MR) is 57.8 cm³/mol. The van der Waals surface area contributed by atoms with Crippen LogP contribution in [-0.4, -0.2) is 52.6 Å². The summed E-state index contributed by atoms with van der Waals surface area (Å²) in [6.07, 6.45) is 2.54. The van der Waals surface area contributed by atoms with Crippen LogP contribution in [0.1, 0.15) is 0 Å². The zero-order valence-corrected chi connectivity index (χ0v) is 10.0. The number of aliphatic carboxylic acids is 2. The second-order valence-electron chi connectivity index (χ2n) is 3.39. The van der Waals surface area contributed by atoms with Gasteiger partial charge in [0.05, 0.1) is 0 Å². The van der Waals surface area contributed by atoms with E-state index in [1.54, 1.807) is 0 Å².